The molecule has 8 heavy (non-hydrogen) atoms. The van der Waals surface area contributed by atoms with Gasteiger partial charge in [0.1, 0.15) is 0 Å². The molecule has 0 amide bonds. The second-order valence-electron chi connectivity index (χ2n) is 2.05. The summed E-state index contributed by atoms with van der Waals surface area (Å²) in [5.41, 5.74) is 0. The fourth-order valence-corrected chi connectivity index (χ4v) is 1.69. The summed E-state index contributed by atoms with van der Waals surface area (Å²) >= 11 is 3.50. The standard InChI is InChI=1S/C5H10BrN.ClH/c1-7-5-2-4(6)3-5;/h4-5,7H,2-3H2,1H3;1H. The van der Waals surface area contributed by atoms with Gasteiger partial charge in [-0.05, 0) is 19.9 Å². The highest BCUT2D eigenvalue weighted by Crippen LogP contribution is 2.26. The summed E-state index contributed by atoms with van der Waals surface area (Å²) in [6.07, 6.45) is 2.60. The third-order valence-electron chi connectivity index (χ3n) is 1.49. The van der Waals surface area contributed by atoms with E-state index in [1.165, 1.54) is 12.8 Å². The van der Waals surface area contributed by atoms with E-state index in [1.807, 2.05) is 7.05 Å². The Morgan fingerprint density at radius 1 is 1.50 bits per heavy atom. The molecule has 0 heterocycles. The summed E-state index contributed by atoms with van der Waals surface area (Å²) in [7, 11) is 2.02. The van der Waals surface area contributed by atoms with Gasteiger partial charge in [-0.3, -0.25) is 0 Å². The average Bonchev–Trinajstić information content (AvgIpc) is 1.58. The molecule has 0 spiro atoms. The minimum atomic E-state index is 0. The maximum atomic E-state index is 3.50. The minimum absolute atomic E-state index is 0. The number of hydrogen-bond acceptors (Lipinski definition) is 1. The highest BCUT2D eigenvalue weighted by molar-refractivity contribution is 9.09. The van der Waals surface area contributed by atoms with Crippen LogP contribution in [0.15, 0.2) is 0 Å². The summed E-state index contributed by atoms with van der Waals surface area (Å²) in [5.74, 6) is 0. The lowest BCUT2D eigenvalue weighted by molar-refractivity contribution is 0.379. The normalized spacial score (nSPS) is 35.2. The fraction of sp³-hybridized carbons (Fsp3) is 1.00. The van der Waals surface area contributed by atoms with Crippen LogP contribution in [-0.4, -0.2) is 17.9 Å². The molecule has 1 aliphatic carbocycles. The number of halogens is 2. The number of nitrogens with one attached hydrogen (secondary N) is 1. The molecule has 1 nitrogen and oxygen atoms in total. The van der Waals surface area contributed by atoms with Crippen molar-refractivity contribution < 1.29 is 0 Å². The molecule has 0 atom stereocenters. The lowest BCUT2D eigenvalue weighted by atomic mass is 9.93. The highest BCUT2D eigenvalue weighted by Gasteiger charge is 2.24. The lowest BCUT2D eigenvalue weighted by Crippen LogP contribution is -2.39. The van der Waals surface area contributed by atoms with Crippen LogP contribution < -0.4 is 5.32 Å². The van der Waals surface area contributed by atoms with Crippen LogP contribution in [0.3, 0.4) is 0 Å². The first kappa shape index (κ1) is 8.73. The zero-order valence-electron chi connectivity index (χ0n) is 4.86. The van der Waals surface area contributed by atoms with Crippen LogP contribution in [0.25, 0.3) is 0 Å². The lowest BCUT2D eigenvalue weighted by Gasteiger charge is -2.30. The zero-order chi connectivity index (χ0) is 5.28. The van der Waals surface area contributed by atoms with Gasteiger partial charge in [0.05, 0.1) is 0 Å². The van der Waals surface area contributed by atoms with Crippen LogP contribution in [0, 0.1) is 0 Å². The van der Waals surface area contributed by atoms with Crippen LogP contribution >= 0.6 is 28.3 Å². The largest absolute Gasteiger partial charge is 0.317 e. The molecule has 0 saturated heterocycles. The van der Waals surface area contributed by atoms with Crippen molar-refractivity contribution in [3.8, 4) is 0 Å². The monoisotopic (exact) mass is 199 g/mol. The van der Waals surface area contributed by atoms with E-state index in [0.29, 0.717) is 0 Å². The smallest absolute Gasteiger partial charge is 0.0175 e. The van der Waals surface area contributed by atoms with Crippen molar-refractivity contribution in [1.29, 1.82) is 0 Å². The van der Waals surface area contributed by atoms with Crippen LogP contribution in [0.5, 0.6) is 0 Å². The predicted octanol–water partition coefficient (Wildman–Crippen LogP) is 1.55. The Hall–Kier alpha value is 0.730. The SMILES string of the molecule is CNC1CC(Br)C1.Cl. The molecule has 1 N–H and O–H groups in total. The van der Waals surface area contributed by atoms with Gasteiger partial charge in [0.25, 0.3) is 0 Å². The summed E-state index contributed by atoms with van der Waals surface area (Å²) in [4.78, 5) is 0.796. The zero-order valence-corrected chi connectivity index (χ0v) is 7.26. The predicted molar refractivity (Wildman–Crippen MR) is 42.0 cm³/mol. The van der Waals surface area contributed by atoms with E-state index in [0.717, 1.165) is 10.9 Å². The molecule has 1 fully saturated rings. The molecule has 1 saturated carbocycles. The van der Waals surface area contributed by atoms with E-state index in [2.05, 4.69) is 21.2 Å². The number of hydrogen-bond donors (Lipinski definition) is 1. The Labute approximate surface area is 64.8 Å². The Bertz CT molecular complexity index is 63.4. The average molecular weight is 201 g/mol. The van der Waals surface area contributed by atoms with Crippen molar-refractivity contribution in [3.63, 3.8) is 0 Å². The maximum Gasteiger partial charge on any atom is 0.0175 e. The molecule has 0 aromatic carbocycles. The fourth-order valence-electron chi connectivity index (χ4n) is 0.784. The minimum Gasteiger partial charge on any atom is -0.317 e. The van der Waals surface area contributed by atoms with E-state index in [4.69, 9.17) is 0 Å². The summed E-state index contributed by atoms with van der Waals surface area (Å²) in [6, 6.07) is 0.796. The van der Waals surface area contributed by atoms with Gasteiger partial charge in [-0.15, -0.1) is 12.4 Å². The highest BCUT2D eigenvalue weighted by atomic mass is 79.9. The molecule has 0 aliphatic heterocycles. The summed E-state index contributed by atoms with van der Waals surface area (Å²) in [6.45, 7) is 0. The van der Waals surface area contributed by atoms with Crippen molar-refractivity contribution in [2.24, 2.45) is 0 Å². The van der Waals surface area contributed by atoms with E-state index >= 15 is 0 Å². The third-order valence-corrected chi connectivity index (χ3v) is 2.24. The van der Waals surface area contributed by atoms with Gasteiger partial charge in [0, 0.05) is 10.9 Å². The quantitative estimate of drug-likeness (QED) is 0.634. The molecule has 0 unspecified atom stereocenters. The molecule has 3 heteroatoms. The van der Waals surface area contributed by atoms with Gasteiger partial charge < -0.3 is 5.32 Å². The van der Waals surface area contributed by atoms with Crippen LogP contribution in [0.4, 0.5) is 0 Å². The van der Waals surface area contributed by atoms with Gasteiger partial charge in [0.15, 0.2) is 0 Å². The molecular formula is C5H11BrClN. The second-order valence-corrected chi connectivity index (χ2v) is 3.35. The van der Waals surface area contributed by atoms with E-state index in [-0.39, 0.29) is 12.4 Å². The topological polar surface area (TPSA) is 12.0 Å². The Morgan fingerprint density at radius 3 is 2.12 bits per heavy atom. The molecule has 1 aliphatic rings. The molecule has 0 radical (unpaired) electrons. The first-order valence-corrected chi connectivity index (χ1v) is 3.56. The van der Waals surface area contributed by atoms with Crippen LogP contribution in [-0.2, 0) is 0 Å². The van der Waals surface area contributed by atoms with Gasteiger partial charge in [-0.1, -0.05) is 15.9 Å². The van der Waals surface area contributed by atoms with Crippen molar-refractivity contribution >= 4 is 28.3 Å². The van der Waals surface area contributed by atoms with Gasteiger partial charge in [-0.25, -0.2) is 0 Å². The number of rotatable bonds is 1. The molecule has 1 rings (SSSR count). The van der Waals surface area contributed by atoms with Crippen molar-refractivity contribution in [2.75, 3.05) is 7.05 Å². The van der Waals surface area contributed by atoms with Gasteiger partial charge in [-0.2, -0.15) is 0 Å². The van der Waals surface area contributed by atoms with E-state index in [1.54, 1.807) is 0 Å². The Morgan fingerprint density at radius 2 is 2.00 bits per heavy atom. The van der Waals surface area contributed by atoms with Crippen molar-refractivity contribution in [2.45, 2.75) is 23.7 Å². The molecule has 0 bridgehead atoms. The Balaban J connectivity index is 0.000000490. The van der Waals surface area contributed by atoms with E-state index < -0.39 is 0 Å². The Kier molecular flexibility index (Phi) is 4.04. The van der Waals surface area contributed by atoms with Crippen molar-refractivity contribution in [1.82, 2.24) is 5.32 Å². The first-order chi connectivity index (χ1) is 3.33. The molecule has 0 aromatic rings. The summed E-state index contributed by atoms with van der Waals surface area (Å²) < 4.78 is 0. The van der Waals surface area contributed by atoms with Gasteiger partial charge >= 0.3 is 0 Å². The first-order valence-electron chi connectivity index (χ1n) is 2.64. The number of alkyl halides is 1. The molecular weight excluding hydrogens is 189 g/mol. The maximum absolute atomic E-state index is 3.50. The van der Waals surface area contributed by atoms with Crippen molar-refractivity contribution in [3.05, 3.63) is 0 Å². The van der Waals surface area contributed by atoms with E-state index in [9.17, 15) is 0 Å². The molecule has 0 aromatic heterocycles. The second kappa shape index (κ2) is 3.70. The van der Waals surface area contributed by atoms with Crippen LogP contribution in [0.2, 0.25) is 0 Å². The van der Waals surface area contributed by atoms with Gasteiger partial charge in [0.2, 0.25) is 0 Å². The van der Waals surface area contributed by atoms with Crippen LogP contribution in [0.1, 0.15) is 12.8 Å². The summed E-state index contributed by atoms with van der Waals surface area (Å²) in [5, 5.41) is 3.20. The third kappa shape index (κ3) is 1.92. The molecule has 50 valence electrons.